The van der Waals surface area contributed by atoms with E-state index in [2.05, 4.69) is 5.43 Å². The molecule has 0 spiro atoms. The summed E-state index contributed by atoms with van der Waals surface area (Å²) in [5, 5.41) is 0. The second kappa shape index (κ2) is 4.33. The summed E-state index contributed by atoms with van der Waals surface area (Å²) in [7, 11) is 0. The minimum absolute atomic E-state index is 0.224. The van der Waals surface area contributed by atoms with Crippen LogP contribution in [0.5, 0.6) is 0 Å². The molecule has 0 radical (unpaired) electrons. The van der Waals surface area contributed by atoms with E-state index >= 15 is 0 Å². The van der Waals surface area contributed by atoms with Crippen molar-refractivity contribution in [3.05, 3.63) is 29.6 Å². The molecular weight excluding hydrogens is 175 g/mol. The summed E-state index contributed by atoms with van der Waals surface area (Å²) in [5.41, 5.74) is 4.20. The fourth-order valence-electron chi connectivity index (χ4n) is 0.978. The largest absolute Gasteiger partial charge is 0.324 e. The van der Waals surface area contributed by atoms with Gasteiger partial charge in [-0.05, 0) is 30.0 Å². The Labute approximate surface area is 75.3 Å². The van der Waals surface area contributed by atoms with Gasteiger partial charge in [0.1, 0.15) is 5.82 Å². The zero-order valence-electron chi connectivity index (χ0n) is 6.80. The Balaban J connectivity index is 2.95. The molecule has 1 aromatic rings. The number of hydrogen-bond acceptors (Lipinski definition) is 3. The van der Waals surface area contributed by atoms with E-state index in [0.717, 1.165) is 17.0 Å². The first kappa shape index (κ1) is 9.35. The van der Waals surface area contributed by atoms with Gasteiger partial charge in [-0.1, -0.05) is 0 Å². The summed E-state index contributed by atoms with van der Waals surface area (Å²) in [5.74, 6) is 5.79. The van der Waals surface area contributed by atoms with Crippen LogP contribution in [-0.2, 0) is 5.75 Å². The molecule has 4 heteroatoms. The summed E-state index contributed by atoms with van der Waals surface area (Å²) in [6, 6.07) is 4.52. The van der Waals surface area contributed by atoms with E-state index in [1.54, 1.807) is 17.8 Å². The number of anilines is 1. The van der Waals surface area contributed by atoms with Crippen LogP contribution in [0, 0.1) is 5.82 Å². The highest BCUT2D eigenvalue weighted by Crippen LogP contribution is 2.19. The maximum Gasteiger partial charge on any atom is 0.123 e. The normalized spacial score (nSPS) is 9.92. The molecule has 0 aliphatic heterocycles. The van der Waals surface area contributed by atoms with Gasteiger partial charge in [0.05, 0.1) is 5.69 Å². The molecule has 3 N–H and O–H groups in total. The van der Waals surface area contributed by atoms with Crippen LogP contribution in [0.4, 0.5) is 10.1 Å². The lowest BCUT2D eigenvalue weighted by Gasteiger charge is -2.06. The van der Waals surface area contributed by atoms with Crippen LogP contribution >= 0.6 is 11.8 Å². The van der Waals surface area contributed by atoms with E-state index in [-0.39, 0.29) is 5.82 Å². The van der Waals surface area contributed by atoms with E-state index in [1.807, 2.05) is 6.26 Å². The predicted molar refractivity (Wildman–Crippen MR) is 51.4 cm³/mol. The van der Waals surface area contributed by atoms with Crippen molar-refractivity contribution in [2.75, 3.05) is 11.7 Å². The number of nitrogens with two attached hydrogens (primary N) is 1. The highest BCUT2D eigenvalue weighted by Gasteiger charge is 2.01. The van der Waals surface area contributed by atoms with Crippen molar-refractivity contribution >= 4 is 17.4 Å². The fraction of sp³-hybridized carbons (Fsp3) is 0.250. The van der Waals surface area contributed by atoms with Crippen molar-refractivity contribution in [2.45, 2.75) is 5.75 Å². The van der Waals surface area contributed by atoms with E-state index < -0.39 is 0 Å². The summed E-state index contributed by atoms with van der Waals surface area (Å²) in [6.07, 6.45) is 1.96. The Bertz CT molecular complexity index is 265. The molecule has 0 saturated heterocycles. The van der Waals surface area contributed by atoms with Crippen LogP contribution in [-0.4, -0.2) is 6.26 Å². The van der Waals surface area contributed by atoms with E-state index in [9.17, 15) is 4.39 Å². The summed E-state index contributed by atoms with van der Waals surface area (Å²) in [6.45, 7) is 0. The molecule has 1 aromatic carbocycles. The van der Waals surface area contributed by atoms with Crippen molar-refractivity contribution in [1.82, 2.24) is 0 Å². The molecule has 0 saturated carbocycles. The Hall–Kier alpha value is -0.740. The predicted octanol–water partition coefficient (Wildman–Crippen LogP) is 1.97. The van der Waals surface area contributed by atoms with Crippen LogP contribution in [0.1, 0.15) is 5.56 Å². The van der Waals surface area contributed by atoms with Crippen LogP contribution in [0.3, 0.4) is 0 Å². The SMILES string of the molecule is CSCc1cc(F)ccc1NN. The third kappa shape index (κ3) is 2.12. The second-order valence-corrected chi connectivity index (χ2v) is 3.24. The number of rotatable bonds is 3. The molecule has 66 valence electrons. The average Bonchev–Trinajstić information content (AvgIpc) is 2.05. The van der Waals surface area contributed by atoms with Gasteiger partial charge in [-0.25, -0.2) is 4.39 Å². The van der Waals surface area contributed by atoms with Crippen molar-refractivity contribution < 1.29 is 4.39 Å². The van der Waals surface area contributed by atoms with Crippen LogP contribution in [0.25, 0.3) is 0 Å². The number of hydrazine groups is 1. The van der Waals surface area contributed by atoms with E-state index in [4.69, 9.17) is 5.84 Å². The average molecular weight is 186 g/mol. The van der Waals surface area contributed by atoms with E-state index in [1.165, 1.54) is 12.1 Å². The lowest BCUT2D eigenvalue weighted by molar-refractivity contribution is 0.626. The number of thioether (sulfide) groups is 1. The highest BCUT2D eigenvalue weighted by atomic mass is 32.2. The summed E-state index contributed by atoms with van der Waals surface area (Å²) < 4.78 is 12.7. The molecule has 0 atom stereocenters. The Kier molecular flexibility index (Phi) is 3.37. The maximum atomic E-state index is 12.7. The Morgan fingerprint density at radius 1 is 1.58 bits per heavy atom. The molecule has 12 heavy (non-hydrogen) atoms. The van der Waals surface area contributed by atoms with Gasteiger partial charge in [0.2, 0.25) is 0 Å². The third-order valence-electron chi connectivity index (χ3n) is 1.52. The Morgan fingerprint density at radius 2 is 2.33 bits per heavy atom. The van der Waals surface area contributed by atoms with Crippen molar-refractivity contribution in [3.63, 3.8) is 0 Å². The van der Waals surface area contributed by atoms with E-state index in [0.29, 0.717) is 0 Å². The number of benzene rings is 1. The fourth-order valence-corrected chi connectivity index (χ4v) is 1.53. The zero-order chi connectivity index (χ0) is 8.97. The monoisotopic (exact) mass is 186 g/mol. The van der Waals surface area contributed by atoms with Crippen LogP contribution in [0.2, 0.25) is 0 Å². The quantitative estimate of drug-likeness (QED) is 0.560. The highest BCUT2D eigenvalue weighted by molar-refractivity contribution is 7.97. The smallest absolute Gasteiger partial charge is 0.123 e. The number of nitrogen functional groups attached to an aromatic ring is 1. The molecule has 0 aliphatic carbocycles. The van der Waals surface area contributed by atoms with Crippen molar-refractivity contribution in [3.8, 4) is 0 Å². The molecule has 0 aromatic heterocycles. The van der Waals surface area contributed by atoms with Gasteiger partial charge < -0.3 is 5.43 Å². The summed E-state index contributed by atoms with van der Waals surface area (Å²) in [4.78, 5) is 0. The maximum absolute atomic E-state index is 12.7. The summed E-state index contributed by atoms with van der Waals surface area (Å²) >= 11 is 1.63. The molecule has 0 fully saturated rings. The molecule has 2 nitrogen and oxygen atoms in total. The Morgan fingerprint density at radius 3 is 2.92 bits per heavy atom. The van der Waals surface area contributed by atoms with Gasteiger partial charge in [0.15, 0.2) is 0 Å². The molecule has 0 unspecified atom stereocenters. The van der Waals surface area contributed by atoms with Gasteiger partial charge in [0.25, 0.3) is 0 Å². The number of hydrogen-bond donors (Lipinski definition) is 2. The van der Waals surface area contributed by atoms with Crippen molar-refractivity contribution in [1.29, 1.82) is 0 Å². The van der Waals surface area contributed by atoms with Gasteiger partial charge in [-0.2, -0.15) is 11.8 Å². The number of halogens is 1. The van der Waals surface area contributed by atoms with Gasteiger partial charge in [0, 0.05) is 5.75 Å². The first-order valence-electron chi connectivity index (χ1n) is 3.52. The minimum atomic E-state index is -0.224. The second-order valence-electron chi connectivity index (χ2n) is 2.38. The third-order valence-corrected chi connectivity index (χ3v) is 2.12. The zero-order valence-corrected chi connectivity index (χ0v) is 7.62. The molecule has 1 rings (SSSR count). The van der Waals surface area contributed by atoms with Gasteiger partial charge in [-0.15, -0.1) is 0 Å². The lowest BCUT2D eigenvalue weighted by Crippen LogP contribution is -2.08. The molecule has 0 aliphatic rings. The van der Waals surface area contributed by atoms with Crippen LogP contribution < -0.4 is 11.3 Å². The van der Waals surface area contributed by atoms with Gasteiger partial charge in [-0.3, -0.25) is 5.84 Å². The molecular formula is C8H11FN2S. The first-order chi connectivity index (χ1) is 5.77. The van der Waals surface area contributed by atoms with Gasteiger partial charge >= 0.3 is 0 Å². The standard InChI is InChI=1S/C8H11FN2S/c1-12-5-6-4-7(9)2-3-8(6)11-10/h2-4,11H,5,10H2,1H3. The van der Waals surface area contributed by atoms with Crippen molar-refractivity contribution in [2.24, 2.45) is 5.84 Å². The molecule has 0 bridgehead atoms. The minimum Gasteiger partial charge on any atom is -0.324 e. The topological polar surface area (TPSA) is 38.0 Å². The molecule has 0 amide bonds. The molecule has 0 heterocycles. The first-order valence-corrected chi connectivity index (χ1v) is 4.91. The lowest BCUT2D eigenvalue weighted by atomic mass is 10.2. The number of nitrogens with one attached hydrogen (secondary N) is 1. The van der Waals surface area contributed by atoms with Crippen LogP contribution in [0.15, 0.2) is 18.2 Å².